The lowest BCUT2D eigenvalue weighted by Gasteiger charge is -2.28. The fourth-order valence-corrected chi connectivity index (χ4v) is 3.27. The van der Waals surface area contributed by atoms with Crippen molar-refractivity contribution in [1.82, 2.24) is 20.0 Å². The highest BCUT2D eigenvalue weighted by atomic mass is 16.2. The van der Waals surface area contributed by atoms with Gasteiger partial charge in [-0.2, -0.15) is 5.10 Å². The molecule has 0 atom stereocenters. The molecule has 1 saturated heterocycles. The molecular formula is C15H24N4O. The van der Waals surface area contributed by atoms with Crippen LogP contribution in [0.15, 0.2) is 0 Å². The minimum Gasteiger partial charge on any atom is -0.337 e. The molecule has 1 N–H and O–H groups in total. The second kappa shape index (κ2) is 5.56. The van der Waals surface area contributed by atoms with Gasteiger partial charge in [0, 0.05) is 50.4 Å². The number of hydrogen-bond donors (Lipinski definition) is 1. The van der Waals surface area contributed by atoms with Gasteiger partial charge >= 0.3 is 0 Å². The normalized spacial score (nSPS) is 19.6. The molecule has 1 fully saturated rings. The fraction of sp³-hybridized carbons (Fsp3) is 0.733. The van der Waals surface area contributed by atoms with Crippen LogP contribution < -0.4 is 0 Å². The molecule has 1 aromatic heterocycles. The minimum absolute atomic E-state index is 0.117. The molecule has 2 aliphatic heterocycles. The maximum Gasteiger partial charge on any atom is 0.274 e. The smallest absolute Gasteiger partial charge is 0.274 e. The summed E-state index contributed by atoms with van der Waals surface area (Å²) in [7, 11) is 0. The highest BCUT2D eigenvalue weighted by Gasteiger charge is 2.29. The van der Waals surface area contributed by atoms with E-state index in [0.29, 0.717) is 11.6 Å². The van der Waals surface area contributed by atoms with Gasteiger partial charge in [0.05, 0.1) is 0 Å². The summed E-state index contributed by atoms with van der Waals surface area (Å²) in [5.41, 5.74) is 2.96. The second-order valence-electron chi connectivity index (χ2n) is 6.41. The lowest BCUT2D eigenvalue weighted by molar-refractivity contribution is 0.0784. The number of carbonyl (C=O) groups is 1. The number of aromatic amines is 1. The molecule has 0 aliphatic carbocycles. The summed E-state index contributed by atoms with van der Waals surface area (Å²) in [6.45, 7) is 9.25. The average Bonchev–Trinajstić information content (AvgIpc) is 3.06. The summed E-state index contributed by atoms with van der Waals surface area (Å²) < 4.78 is 0. The van der Waals surface area contributed by atoms with Gasteiger partial charge in [-0.25, -0.2) is 0 Å². The molecule has 5 nitrogen and oxygen atoms in total. The van der Waals surface area contributed by atoms with Gasteiger partial charge in [-0.1, -0.05) is 13.8 Å². The molecule has 0 unspecified atom stereocenters. The lowest BCUT2D eigenvalue weighted by Crippen LogP contribution is -2.35. The van der Waals surface area contributed by atoms with E-state index < -0.39 is 0 Å². The van der Waals surface area contributed by atoms with Crippen molar-refractivity contribution in [2.24, 2.45) is 5.92 Å². The van der Waals surface area contributed by atoms with Crippen molar-refractivity contribution in [3.8, 4) is 0 Å². The quantitative estimate of drug-likeness (QED) is 0.913. The molecule has 110 valence electrons. The van der Waals surface area contributed by atoms with Gasteiger partial charge in [-0.3, -0.25) is 14.8 Å². The van der Waals surface area contributed by atoms with Crippen LogP contribution >= 0.6 is 0 Å². The van der Waals surface area contributed by atoms with Crippen LogP contribution in [0.3, 0.4) is 0 Å². The molecule has 0 aromatic carbocycles. The highest BCUT2D eigenvalue weighted by Crippen LogP contribution is 2.23. The zero-order chi connectivity index (χ0) is 14.1. The number of likely N-dealkylation sites (tertiary alicyclic amines) is 1. The minimum atomic E-state index is 0.117. The van der Waals surface area contributed by atoms with Gasteiger partial charge in [-0.15, -0.1) is 0 Å². The van der Waals surface area contributed by atoms with E-state index in [1.165, 1.54) is 0 Å². The molecule has 5 heteroatoms. The van der Waals surface area contributed by atoms with Gasteiger partial charge in [0.2, 0.25) is 0 Å². The Hall–Kier alpha value is -1.36. The van der Waals surface area contributed by atoms with E-state index in [0.717, 1.165) is 63.2 Å². The Balaban J connectivity index is 1.78. The maximum absolute atomic E-state index is 12.5. The molecule has 0 saturated carbocycles. The molecule has 1 aromatic rings. The number of aromatic nitrogens is 2. The summed E-state index contributed by atoms with van der Waals surface area (Å²) in [5.74, 6) is 0.771. The van der Waals surface area contributed by atoms with E-state index in [2.05, 4.69) is 28.9 Å². The first-order valence-electron chi connectivity index (χ1n) is 7.73. The van der Waals surface area contributed by atoms with Gasteiger partial charge < -0.3 is 4.90 Å². The summed E-state index contributed by atoms with van der Waals surface area (Å²) in [5, 5.41) is 7.39. The summed E-state index contributed by atoms with van der Waals surface area (Å²) >= 11 is 0. The van der Waals surface area contributed by atoms with Gasteiger partial charge in [0.25, 0.3) is 5.91 Å². The van der Waals surface area contributed by atoms with Crippen molar-refractivity contribution < 1.29 is 4.79 Å². The third-order valence-electron chi connectivity index (χ3n) is 4.23. The molecule has 0 bridgehead atoms. The van der Waals surface area contributed by atoms with E-state index in [1.54, 1.807) is 0 Å². The number of H-pyrrole nitrogens is 1. The van der Waals surface area contributed by atoms with Crippen LogP contribution in [0.5, 0.6) is 0 Å². The monoisotopic (exact) mass is 276 g/mol. The Morgan fingerprint density at radius 3 is 2.75 bits per heavy atom. The van der Waals surface area contributed by atoms with Crippen LogP contribution in [-0.2, 0) is 13.0 Å². The molecule has 0 spiro atoms. The molecule has 0 radical (unpaired) electrons. The van der Waals surface area contributed by atoms with Crippen molar-refractivity contribution in [1.29, 1.82) is 0 Å². The standard InChI is InChI=1S/C15H24N4O/c1-11(2)9-18-8-5-13-12(10-18)14(17-16-13)15(20)19-6-3-4-7-19/h11H,3-10H2,1-2H3,(H,16,17). The van der Waals surface area contributed by atoms with E-state index in [1.807, 2.05) is 4.90 Å². The summed E-state index contributed by atoms with van der Waals surface area (Å²) in [6.07, 6.45) is 3.22. The molecule has 2 aliphatic rings. The Morgan fingerprint density at radius 1 is 1.30 bits per heavy atom. The average molecular weight is 276 g/mol. The fourth-order valence-electron chi connectivity index (χ4n) is 3.27. The zero-order valence-corrected chi connectivity index (χ0v) is 12.5. The van der Waals surface area contributed by atoms with Crippen molar-refractivity contribution in [2.75, 3.05) is 26.2 Å². The van der Waals surface area contributed by atoms with Gasteiger partial charge in [-0.05, 0) is 18.8 Å². The molecule has 20 heavy (non-hydrogen) atoms. The molecule has 1 amide bonds. The molecule has 3 heterocycles. The highest BCUT2D eigenvalue weighted by molar-refractivity contribution is 5.94. The predicted molar refractivity (Wildman–Crippen MR) is 77.5 cm³/mol. The van der Waals surface area contributed by atoms with Crippen LogP contribution in [-0.4, -0.2) is 52.1 Å². The Labute approximate surface area is 120 Å². The second-order valence-corrected chi connectivity index (χ2v) is 6.41. The maximum atomic E-state index is 12.5. The number of nitrogens with one attached hydrogen (secondary N) is 1. The first kappa shape index (κ1) is 13.6. The van der Waals surface area contributed by atoms with E-state index >= 15 is 0 Å². The predicted octanol–water partition coefficient (Wildman–Crippen LogP) is 1.66. The van der Waals surface area contributed by atoms with Crippen LogP contribution in [0.2, 0.25) is 0 Å². The number of amides is 1. The third kappa shape index (κ3) is 2.59. The van der Waals surface area contributed by atoms with Crippen molar-refractivity contribution in [3.63, 3.8) is 0 Å². The first-order chi connectivity index (χ1) is 9.65. The third-order valence-corrected chi connectivity index (χ3v) is 4.23. The summed E-state index contributed by atoms with van der Waals surface area (Å²) in [4.78, 5) is 16.9. The number of carbonyl (C=O) groups excluding carboxylic acids is 1. The molecule has 3 rings (SSSR count). The van der Waals surface area contributed by atoms with Crippen LogP contribution in [0, 0.1) is 5.92 Å². The Kier molecular flexibility index (Phi) is 3.78. The van der Waals surface area contributed by atoms with E-state index in [9.17, 15) is 4.79 Å². The topological polar surface area (TPSA) is 52.2 Å². The molecular weight excluding hydrogens is 252 g/mol. The van der Waals surface area contributed by atoms with E-state index in [4.69, 9.17) is 0 Å². The number of nitrogens with zero attached hydrogens (tertiary/aromatic N) is 3. The van der Waals surface area contributed by atoms with Crippen molar-refractivity contribution >= 4 is 5.91 Å². The Bertz CT molecular complexity index is 488. The van der Waals surface area contributed by atoms with E-state index in [-0.39, 0.29) is 5.91 Å². The summed E-state index contributed by atoms with van der Waals surface area (Å²) in [6, 6.07) is 0. The van der Waals surface area contributed by atoms with Crippen LogP contribution in [0.4, 0.5) is 0 Å². The van der Waals surface area contributed by atoms with Crippen LogP contribution in [0.1, 0.15) is 48.4 Å². The zero-order valence-electron chi connectivity index (χ0n) is 12.5. The largest absolute Gasteiger partial charge is 0.337 e. The van der Waals surface area contributed by atoms with Gasteiger partial charge in [0.1, 0.15) is 0 Å². The van der Waals surface area contributed by atoms with Gasteiger partial charge in [0.15, 0.2) is 5.69 Å². The van der Waals surface area contributed by atoms with Crippen LogP contribution in [0.25, 0.3) is 0 Å². The number of fused-ring (bicyclic) bond motifs is 1. The number of rotatable bonds is 3. The first-order valence-corrected chi connectivity index (χ1v) is 7.73. The lowest BCUT2D eigenvalue weighted by atomic mass is 10.0. The van der Waals surface area contributed by atoms with Crippen molar-refractivity contribution in [2.45, 2.75) is 39.7 Å². The SMILES string of the molecule is CC(C)CN1CCc2[nH]nc(C(=O)N3CCCC3)c2C1. The van der Waals surface area contributed by atoms with Crippen molar-refractivity contribution in [3.05, 3.63) is 17.0 Å². The Morgan fingerprint density at radius 2 is 2.05 bits per heavy atom. The number of hydrogen-bond acceptors (Lipinski definition) is 3.